The molecule has 0 aliphatic carbocycles. The van der Waals surface area contributed by atoms with E-state index in [4.69, 9.17) is 9.84 Å². The number of nitrogens with one attached hydrogen (secondary N) is 1. The molecule has 44 heavy (non-hydrogen) atoms. The highest BCUT2D eigenvalue weighted by Crippen LogP contribution is 2.43. The summed E-state index contributed by atoms with van der Waals surface area (Å²) in [4.78, 5) is 30.9. The van der Waals surface area contributed by atoms with Crippen LogP contribution in [0.25, 0.3) is 11.1 Å². The van der Waals surface area contributed by atoms with Crippen LogP contribution >= 0.6 is 0 Å². The van der Waals surface area contributed by atoms with Crippen LogP contribution in [0, 0.1) is 18.2 Å². The molecule has 0 atom stereocenters. The van der Waals surface area contributed by atoms with Crippen LogP contribution in [0.15, 0.2) is 48.5 Å². The zero-order valence-electron chi connectivity index (χ0n) is 27.0. The van der Waals surface area contributed by atoms with Crippen LogP contribution < -0.4 is 15.0 Å². The van der Waals surface area contributed by atoms with Crippen molar-refractivity contribution in [1.82, 2.24) is 4.98 Å². The Morgan fingerprint density at radius 1 is 1.05 bits per heavy atom. The Balaban J connectivity index is 0.000000978. The van der Waals surface area contributed by atoms with E-state index in [-0.39, 0.29) is 23.6 Å². The average molecular weight is 608 g/mol. The highest BCUT2D eigenvalue weighted by atomic mass is 19.1. The second-order valence-corrected chi connectivity index (χ2v) is 13.1. The zero-order chi connectivity index (χ0) is 32.7. The molecular formula is C35H46FN3O5. The number of piperidine rings is 1. The number of aryl methyl sites for hydroxylation is 1. The van der Waals surface area contributed by atoms with Crippen LogP contribution in [0.5, 0.6) is 5.75 Å². The van der Waals surface area contributed by atoms with E-state index in [2.05, 4.69) is 29.0 Å². The van der Waals surface area contributed by atoms with Gasteiger partial charge in [0.1, 0.15) is 17.4 Å². The average Bonchev–Trinajstić information content (AvgIpc) is 2.90. The molecule has 1 aromatic heterocycles. The molecule has 1 aliphatic rings. The number of nitrogens with zero attached hydrogens (tertiary/aromatic N) is 2. The number of hydrogen-bond acceptors (Lipinski definition) is 6. The molecule has 1 saturated heterocycles. The fourth-order valence-electron chi connectivity index (χ4n) is 4.96. The summed E-state index contributed by atoms with van der Waals surface area (Å²) in [5, 5.41) is 21.1. The van der Waals surface area contributed by atoms with Gasteiger partial charge in [-0.1, -0.05) is 38.1 Å². The summed E-state index contributed by atoms with van der Waals surface area (Å²) >= 11 is 0. The van der Waals surface area contributed by atoms with Crippen molar-refractivity contribution in [2.24, 2.45) is 5.41 Å². The molecule has 3 aromatic rings. The molecule has 4 rings (SSSR count). The Labute approximate surface area is 260 Å². The highest BCUT2D eigenvalue weighted by Gasteiger charge is 2.31. The molecule has 0 spiro atoms. The van der Waals surface area contributed by atoms with Crippen molar-refractivity contribution in [1.29, 1.82) is 0 Å². The van der Waals surface area contributed by atoms with Crippen LogP contribution in [0.3, 0.4) is 0 Å². The number of anilines is 2. The van der Waals surface area contributed by atoms with Gasteiger partial charge in [-0.3, -0.25) is 9.59 Å². The van der Waals surface area contributed by atoms with E-state index in [9.17, 15) is 19.1 Å². The second-order valence-electron chi connectivity index (χ2n) is 13.1. The number of benzene rings is 2. The molecule has 3 N–H and O–H groups in total. The van der Waals surface area contributed by atoms with Crippen molar-refractivity contribution in [3.05, 3.63) is 71.2 Å². The molecule has 0 saturated carbocycles. The minimum Gasteiger partial charge on any atom is -0.493 e. The van der Waals surface area contributed by atoms with Crippen molar-refractivity contribution < 1.29 is 28.9 Å². The molecule has 0 bridgehead atoms. The van der Waals surface area contributed by atoms with Gasteiger partial charge in [0.2, 0.25) is 5.91 Å². The number of amides is 1. The Morgan fingerprint density at radius 2 is 1.61 bits per heavy atom. The number of aromatic nitrogens is 1. The minimum atomic E-state index is -0.929. The van der Waals surface area contributed by atoms with E-state index in [0.29, 0.717) is 41.4 Å². The lowest BCUT2D eigenvalue weighted by atomic mass is 9.82. The van der Waals surface area contributed by atoms with Crippen molar-refractivity contribution in [2.45, 2.75) is 79.8 Å². The standard InChI is InChI=1S/C31H36FN3O4.C4H10O/c1-20-26(19-27(37)38)29(35-16-14-31(3,4)15-17-35)28(30(33-20)34-21(2)36)23-7-11-25(12-8-23)39-18-13-22-5-9-24(32)10-6-22;1-4(2,3)5/h5-12H,13-19H2,1-4H3,(H,37,38)(H,33,34,36);5H,1-3H3. The van der Waals surface area contributed by atoms with Crippen LogP contribution in [-0.2, 0) is 22.4 Å². The summed E-state index contributed by atoms with van der Waals surface area (Å²) in [6, 6.07) is 13.9. The summed E-state index contributed by atoms with van der Waals surface area (Å²) in [5.74, 6) is -0.353. The van der Waals surface area contributed by atoms with Crippen molar-refractivity contribution in [3.63, 3.8) is 0 Å². The summed E-state index contributed by atoms with van der Waals surface area (Å²) in [6.07, 6.45) is 2.42. The first kappa shape index (κ1) is 34.5. The van der Waals surface area contributed by atoms with Gasteiger partial charge in [-0.05, 0) is 81.3 Å². The van der Waals surface area contributed by atoms with Gasteiger partial charge in [-0.15, -0.1) is 0 Å². The number of carboxylic acids is 1. The van der Waals surface area contributed by atoms with E-state index in [0.717, 1.165) is 42.7 Å². The lowest BCUT2D eigenvalue weighted by Gasteiger charge is -2.40. The number of aliphatic hydroxyl groups is 1. The van der Waals surface area contributed by atoms with Crippen LogP contribution in [-0.4, -0.2) is 52.4 Å². The molecule has 0 radical (unpaired) electrons. The third kappa shape index (κ3) is 10.6. The van der Waals surface area contributed by atoms with Gasteiger partial charge in [0.05, 0.1) is 24.3 Å². The Hall–Kier alpha value is -3.98. The van der Waals surface area contributed by atoms with Gasteiger partial charge < -0.3 is 25.2 Å². The largest absolute Gasteiger partial charge is 0.493 e. The predicted octanol–water partition coefficient (Wildman–Crippen LogP) is 6.81. The molecule has 1 amide bonds. The number of halogens is 1. The van der Waals surface area contributed by atoms with Crippen LogP contribution in [0.4, 0.5) is 15.9 Å². The Kier molecular flexibility index (Phi) is 11.5. The van der Waals surface area contributed by atoms with Gasteiger partial charge in [-0.2, -0.15) is 0 Å². The Bertz CT molecular complexity index is 1410. The van der Waals surface area contributed by atoms with E-state index < -0.39 is 11.6 Å². The maximum absolute atomic E-state index is 13.1. The minimum absolute atomic E-state index is 0.161. The molecule has 9 heteroatoms. The molecule has 0 unspecified atom stereocenters. The van der Waals surface area contributed by atoms with Crippen molar-refractivity contribution >= 4 is 23.4 Å². The maximum atomic E-state index is 13.1. The number of ether oxygens (including phenoxy) is 1. The Morgan fingerprint density at radius 3 is 2.14 bits per heavy atom. The third-order valence-corrected chi connectivity index (χ3v) is 7.25. The van der Waals surface area contributed by atoms with Crippen LogP contribution in [0.1, 0.15) is 71.2 Å². The topological polar surface area (TPSA) is 112 Å². The zero-order valence-corrected chi connectivity index (χ0v) is 27.0. The smallest absolute Gasteiger partial charge is 0.307 e. The van der Waals surface area contributed by atoms with Gasteiger partial charge in [0.15, 0.2) is 0 Å². The first-order valence-electron chi connectivity index (χ1n) is 15.0. The van der Waals surface area contributed by atoms with E-state index in [1.165, 1.54) is 19.1 Å². The number of carboxylic acid groups (broad SMARTS) is 1. The van der Waals surface area contributed by atoms with Crippen LogP contribution in [0.2, 0.25) is 0 Å². The van der Waals surface area contributed by atoms with E-state index in [1.807, 2.05) is 24.3 Å². The molecule has 8 nitrogen and oxygen atoms in total. The van der Waals surface area contributed by atoms with E-state index >= 15 is 0 Å². The van der Waals surface area contributed by atoms with Crippen molar-refractivity contribution in [3.8, 4) is 16.9 Å². The van der Waals surface area contributed by atoms with Crippen molar-refractivity contribution in [2.75, 3.05) is 29.9 Å². The second kappa shape index (κ2) is 14.7. The fraction of sp³-hybridized carbons (Fsp3) is 0.457. The summed E-state index contributed by atoms with van der Waals surface area (Å²) < 4.78 is 19.1. The number of aliphatic carboxylic acids is 1. The molecular weight excluding hydrogens is 561 g/mol. The van der Waals surface area contributed by atoms with Gasteiger partial charge in [-0.25, -0.2) is 9.37 Å². The molecule has 1 aliphatic heterocycles. The lowest BCUT2D eigenvalue weighted by molar-refractivity contribution is -0.136. The number of carbonyl (C=O) groups excluding carboxylic acids is 1. The first-order chi connectivity index (χ1) is 20.5. The summed E-state index contributed by atoms with van der Waals surface area (Å²) in [7, 11) is 0. The third-order valence-electron chi connectivity index (χ3n) is 7.25. The SMILES string of the molecule is CC(=O)Nc1nc(C)c(CC(=O)O)c(N2CCC(C)(C)CC2)c1-c1ccc(OCCc2ccc(F)cc2)cc1.CC(C)(C)O. The van der Waals surface area contributed by atoms with Gasteiger partial charge in [0, 0.05) is 43.3 Å². The number of carbonyl (C=O) groups is 2. The highest BCUT2D eigenvalue weighted by molar-refractivity contribution is 5.98. The van der Waals surface area contributed by atoms with E-state index in [1.54, 1.807) is 39.8 Å². The number of pyridine rings is 1. The van der Waals surface area contributed by atoms with Gasteiger partial charge >= 0.3 is 5.97 Å². The summed E-state index contributed by atoms with van der Waals surface area (Å²) in [5.41, 5.74) is 4.27. The van der Waals surface area contributed by atoms with Gasteiger partial charge in [0.25, 0.3) is 0 Å². The number of rotatable bonds is 9. The monoisotopic (exact) mass is 607 g/mol. The molecule has 2 heterocycles. The maximum Gasteiger partial charge on any atom is 0.307 e. The predicted molar refractivity (Wildman–Crippen MR) is 173 cm³/mol. The normalized spacial score (nSPS) is 14.3. The molecule has 2 aromatic carbocycles. The number of hydrogen-bond donors (Lipinski definition) is 3. The quantitative estimate of drug-likeness (QED) is 0.245. The lowest BCUT2D eigenvalue weighted by Crippen LogP contribution is -2.38. The molecule has 1 fully saturated rings. The molecule has 238 valence electrons. The fourth-order valence-corrected chi connectivity index (χ4v) is 4.96. The summed E-state index contributed by atoms with van der Waals surface area (Å²) in [6.45, 7) is 15.0. The first-order valence-corrected chi connectivity index (χ1v) is 15.0.